The van der Waals surface area contributed by atoms with Gasteiger partial charge < -0.3 is 10.4 Å². The van der Waals surface area contributed by atoms with Crippen molar-refractivity contribution in [3.8, 4) is 0 Å². The minimum atomic E-state index is -1.39. The first-order chi connectivity index (χ1) is 9.88. The average Bonchev–Trinajstić information content (AvgIpc) is 2.41. The van der Waals surface area contributed by atoms with Gasteiger partial charge in [-0.05, 0) is 24.3 Å². The highest BCUT2D eigenvalue weighted by atomic mass is 35.5. The largest absolute Gasteiger partial charge is 0.478 e. The third-order valence-electron chi connectivity index (χ3n) is 2.52. The van der Waals surface area contributed by atoms with Gasteiger partial charge >= 0.3 is 5.97 Å². The molecule has 0 spiro atoms. The Morgan fingerprint density at radius 3 is 2.52 bits per heavy atom. The lowest BCUT2D eigenvalue weighted by Crippen LogP contribution is -2.13. The summed E-state index contributed by atoms with van der Waals surface area (Å²) >= 11 is 11.5. The molecule has 0 radical (unpaired) electrons. The zero-order valence-corrected chi connectivity index (χ0v) is 11.7. The van der Waals surface area contributed by atoms with E-state index in [2.05, 4.69) is 10.3 Å². The van der Waals surface area contributed by atoms with E-state index in [4.69, 9.17) is 28.3 Å². The fraction of sp³-hybridized carbons (Fsp3) is 0. The molecule has 0 fully saturated rings. The Kier molecular flexibility index (Phi) is 4.40. The minimum Gasteiger partial charge on any atom is -0.478 e. The molecule has 5 nitrogen and oxygen atoms in total. The predicted molar refractivity (Wildman–Crippen MR) is 75.6 cm³/mol. The fourth-order valence-electron chi connectivity index (χ4n) is 1.55. The first kappa shape index (κ1) is 15.2. The van der Waals surface area contributed by atoms with Crippen LogP contribution in [0.1, 0.15) is 20.7 Å². The van der Waals surface area contributed by atoms with Crippen molar-refractivity contribution in [2.75, 3.05) is 5.32 Å². The van der Waals surface area contributed by atoms with Crippen LogP contribution in [0.4, 0.5) is 10.1 Å². The molecule has 21 heavy (non-hydrogen) atoms. The van der Waals surface area contributed by atoms with Crippen LogP contribution in [0.3, 0.4) is 0 Å². The summed E-state index contributed by atoms with van der Waals surface area (Å²) in [6, 6.07) is 4.48. The number of aromatic nitrogens is 1. The number of hydrogen-bond acceptors (Lipinski definition) is 3. The number of benzene rings is 1. The number of anilines is 1. The third-order valence-corrected chi connectivity index (χ3v) is 3.03. The predicted octanol–water partition coefficient (Wildman–Crippen LogP) is 3.48. The van der Waals surface area contributed by atoms with Crippen LogP contribution in [0.15, 0.2) is 30.5 Å². The molecule has 1 amide bonds. The molecule has 2 rings (SSSR count). The second kappa shape index (κ2) is 6.07. The molecule has 0 unspecified atom stereocenters. The van der Waals surface area contributed by atoms with Crippen molar-refractivity contribution in [3.63, 3.8) is 0 Å². The Morgan fingerprint density at radius 1 is 1.19 bits per heavy atom. The van der Waals surface area contributed by atoms with Gasteiger partial charge in [0.1, 0.15) is 11.0 Å². The Hall–Kier alpha value is -2.18. The van der Waals surface area contributed by atoms with Crippen molar-refractivity contribution in [1.82, 2.24) is 4.98 Å². The lowest BCUT2D eigenvalue weighted by Gasteiger charge is -2.08. The van der Waals surface area contributed by atoms with Crippen LogP contribution in [-0.2, 0) is 0 Å². The number of carboxylic acids is 1. The summed E-state index contributed by atoms with van der Waals surface area (Å²) < 4.78 is 13.5. The standard InChI is InChI=1S/C13H7Cl2FN2O3/c14-9-5-17-11(15)4-8(9)12(19)18-6-1-2-7(13(20)21)10(16)3-6/h1-5H,(H,18,19)(H,20,21). The number of nitrogens with zero attached hydrogens (tertiary/aromatic N) is 1. The molecule has 0 aliphatic heterocycles. The lowest BCUT2D eigenvalue weighted by molar-refractivity contribution is 0.0692. The second-order valence-electron chi connectivity index (χ2n) is 3.94. The van der Waals surface area contributed by atoms with E-state index in [9.17, 15) is 14.0 Å². The van der Waals surface area contributed by atoms with Crippen LogP contribution in [0.2, 0.25) is 10.2 Å². The third kappa shape index (κ3) is 3.48. The number of halogens is 3. The van der Waals surface area contributed by atoms with Gasteiger partial charge in [0.25, 0.3) is 5.91 Å². The molecular formula is C13H7Cl2FN2O3. The van der Waals surface area contributed by atoms with Crippen LogP contribution in [0.25, 0.3) is 0 Å². The van der Waals surface area contributed by atoms with Gasteiger partial charge in [-0.1, -0.05) is 23.2 Å². The van der Waals surface area contributed by atoms with Crippen molar-refractivity contribution in [2.45, 2.75) is 0 Å². The van der Waals surface area contributed by atoms with Crippen molar-refractivity contribution in [3.05, 3.63) is 57.6 Å². The molecule has 0 aliphatic rings. The Balaban J connectivity index is 2.26. The van der Waals surface area contributed by atoms with E-state index in [1.807, 2.05) is 0 Å². The maximum Gasteiger partial charge on any atom is 0.338 e. The van der Waals surface area contributed by atoms with Gasteiger partial charge in [0.2, 0.25) is 0 Å². The van der Waals surface area contributed by atoms with Crippen LogP contribution < -0.4 is 5.32 Å². The van der Waals surface area contributed by atoms with E-state index < -0.39 is 23.3 Å². The lowest BCUT2D eigenvalue weighted by atomic mass is 10.2. The number of hydrogen-bond donors (Lipinski definition) is 2. The quantitative estimate of drug-likeness (QED) is 0.845. The molecule has 8 heteroatoms. The first-order valence-corrected chi connectivity index (χ1v) is 6.29. The number of nitrogens with one attached hydrogen (secondary N) is 1. The van der Waals surface area contributed by atoms with Crippen molar-refractivity contribution in [1.29, 1.82) is 0 Å². The monoisotopic (exact) mass is 328 g/mol. The number of amides is 1. The molecule has 1 aromatic carbocycles. The normalized spacial score (nSPS) is 10.2. The summed E-state index contributed by atoms with van der Waals surface area (Å²) in [5.74, 6) is -2.97. The highest BCUT2D eigenvalue weighted by molar-refractivity contribution is 6.35. The van der Waals surface area contributed by atoms with E-state index in [0.717, 1.165) is 12.1 Å². The first-order valence-electron chi connectivity index (χ1n) is 5.53. The number of carbonyl (C=O) groups is 2. The summed E-state index contributed by atoms with van der Waals surface area (Å²) in [4.78, 5) is 26.4. The number of aromatic carboxylic acids is 1. The number of carboxylic acid groups (broad SMARTS) is 1. The van der Waals surface area contributed by atoms with Crippen molar-refractivity contribution >= 4 is 40.8 Å². The Bertz CT molecular complexity index is 737. The van der Waals surface area contributed by atoms with Crippen molar-refractivity contribution in [2.24, 2.45) is 0 Å². The van der Waals surface area contributed by atoms with Gasteiger partial charge in [-0.15, -0.1) is 0 Å². The molecule has 0 saturated heterocycles. The summed E-state index contributed by atoms with van der Waals surface area (Å²) in [6.07, 6.45) is 1.22. The van der Waals surface area contributed by atoms with Crippen LogP contribution in [0.5, 0.6) is 0 Å². The summed E-state index contributed by atoms with van der Waals surface area (Å²) in [5, 5.41) is 11.3. The van der Waals surface area contributed by atoms with Crippen molar-refractivity contribution < 1.29 is 19.1 Å². The van der Waals surface area contributed by atoms with Crippen LogP contribution >= 0.6 is 23.2 Å². The van der Waals surface area contributed by atoms with Gasteiger partial charge in [-0.25, -0.2) is 14.2 Å². The molecule has 1 heterocycles. The molecule has 0 bridgehead atoms. The fourth-order valence-corrected chi connectivity index (χ4v) is 1.90. The van der Waals surface area contributed by atoms with Crippen LogP contribution in [-0.4, -0.2) is 22.0 Å². The van der Waals surface area contributed by atoms with E-state index >= 15 is 0 Å². The molecule has 108 valence electrons. The Morgan fingerprint density at radius 2 is 1.90 bits per heavy atom. The van der Waals surface area contributed by atoms with Gasteiger partial charge in [0.15, 0.2) is 0 Å². The van der Waals surface area contributed by atoms with E-state index in [1.165, 1.54) is 18.3 Å². The molecular weight excluding hydrogens is 322 g/mol. The van der Waals surface area contributed by atoms with E-state index in [-0.39, 0.29) is 21.4 Å². The van der Waals surface area contributed by atoms with Crippen LogP contribution in [0, 0.1) is 5.82 Å². The van der Waals surface area contributed by atoms with E-state index in [1.54, 1.807) is 0 Å². The Labute approximate surface area is 128 Å². The molecule has 2 aromatic rings. The number of pyridine rings is 1. The topological polar surface area (TPSA) is 79.3 Å². The summed E-state index contributed by atoms with van der Waals surface area (Å²) in [5.41, 5.74) is -0.330. The molecule has 0 atom stereocenters. The SMILES string of the molecule is O=C(O)c1ccc(NC(=O)c2cc(Cl)ncc2Cl)cc1F. The summed E-state index contributed by atoms with van der Waals surface area (Å²) in [6.45, 7) is 0. The van der Waals surface area contributed by atoms with E-state index in [0.29, 0.717) is 0 Å². The van der Waals surface area contributed by atoms with Gasteiger partial charge in [0.05, 0.1) is 16.1 Å². The summed E-state index contributed by atoms with van der Waals surface area (Å²) in [7, 11) is 0. The molecule has 2 N–H and O–H groups in total. The maximum absolute atomic E-state index is 13.5. The smallest absolute Gasteiger partial charge is 0.338 e. The molecule has 0 aliphatic carbocycles. The highest BCUT2D eigenvalue weighted by Crippen LogP contribution is 2.21. The number of carbonyl (C=O) groups excluding carboxylic acids is 1. The molecule has 1 aromatic heterocycles. The van der Waals surface area contributed by atoms with Gasteiger partial charge in [0, 0.05) is 11.9 Å². The average molecular weight is 329 g/mol. The zero-order valence-electron chi connectivity index (χ0n) is 10.2. The minimum absolute atomic E-state index is 0.0689. The zero-order chi connectivity index (χ0) is 15.6. The second-order valence-corrected chi connectivity index (χ2v) is 4.74. The van der Waals surface area contributed by atoms with Gasteiger partial charge in [-0.2, -0.15) is 0 Å². The maximum atomic E-state index is 13.5. The van der Waals surface area contributed by atoms with Gasteiger partial charge in [-0.3, -0.25) is 4.79 Å². The number of rotatable bonds is 3. The molecule has 0 saturated carbocycles. The highest BCUT2D eigenvalue weighted by Gasteiger charge is 2.14.